The van der Waals surface area contributed by atoms with E-state index >= 15 is 0 Å². The smallest absolute Gasteiger partial charge is 0.407 e. The van der Waals surface area contributed by atoms with Crippen molar-refractivity contribution in [2.75, 3.05) is 6.54 Å². The predicted molar refractivity (Wildman–Crippen MR) is 108 cm³/mol. The second kappa shape index (κ2) is 9.26. The van der Waals surface area contributed by atoms with Gasteiger partial charge in [0.25, 0.3) is 5.91 Å². The summed E-state index contributed by atoms with van der Waals surface area (Å²) in [6.45, 7) is 7.67. The molecule has 6 heteroatoms. The van der Waals surface area contributed by atoms with Crippen molar-refractivity contribution in [3.05, 3.63) is 65.2 Å². The van der Waals surface area contributed by atoms with Crippen molar-refractivity contribution in [2.45, 2.75) is 45.8 Å². The van der Waals surface area contributed by atoms with Crippen LogP contribution in [0.15, 0.2) is 48.5 Å². The molecule has 6 nitrogen and oxygen atoms in total. The summed E-state index contributed by atoms with van der Waals surface area (Å²) in [5.74, 6) is -0.00134. The molecule has 0 saturated heterocycles. The van der Waals surface area contributed by atoms with Crippen LogP contribution >= 0.6 is 0 Å². The van der Waals surface area contributed by atoms with E-state index in [1.54, 1.807) is 30.3 Å². The first-order valence-corrected chi connectivity index (χ1v) is 9.30. The largest absolute Gasteiger partial charge is 0.508 e. The molecule has 2 amide bonds. The van der Waals surface area contributed by atoms with Gasteiger partial charge in [-0.15, -0.1) is 0 Å². The summed E-state index contributed by atoms with van der Waals surface area (Å²) in [5.41, 5.74) is 1.76. The molecule has 0 fully saturated rings. The van der Waals surface area contributed by atoms with Gasteiger partial charge in [-0.25, -0.2) is 4.79 Å². The molecule has 150 valence electrons. The van der Waals surface area contributed by atoms with E-state index in [0.29, 0.717) is 18.5 Å². The van der Waals surface area contributed by atoms with Crippen molar-refractivity contribution in [1.82, 2.24) is 10.6 Å². The number of nitrogens with one attached hydrogen (secondary N) is 2. The lowest BCUT2D eigenvalue weighted by atomic mass is 10.0. The first-order valence-electron chi connectivity index (χ1n) is 9.30. The molecule has 0 saturated carbocycles. The Labute approximate surface area is 165 Å². The van der Waals surface area contributed by atoms with Gasteiger partial charge in [-0.2, -0.15) is 0 Å². The predicted octanol–water partition coefficient (Wildman–Crippen LogP) is 3.95. The average molecular weight is 384 g/mol. The van der Waals surface area contributed by atoms with Crippen LogP contribution in [-0.2, 0) is 11.2 Å². The summed E-state index contributed by atoms with van der Waals surface area (Å²) < 4.78 is 5.22. The number of carbonyl (C=O) groups excluding carboxylic acids is 2. The molecule has 0 spiro atoms. The van der Waals surface area contributed by atoms with Crippen LogP contribution in [0.4, 0.5) is 4.79 Å². The number of phenolic OH excluding ortho intramolecular Hbond substituents is 1. The maximum atomic E-state index is 12.7. The highest BCUT2D eigenvalue weighted by atomic mass is 16.6. The first kappa shape index (κ1) is 21.3. The van der Waals surface area contributed by atoms with Crippen LogP contribution < -0.4 is 10.6 Å². The van der Waals surface area contributed by atoms with E-state index in [9.17, 15) is 14.7 Å². The third kappa shape index (κ3) is 6.61. The number of carbonyl (C=O) groups is 2. The molecule has 1 atom stereocenters. The third-order valence-electron chi connectivity index (χ3n) is 4.07. The maximum absolute atomic E-state index is 12.7. The standard InChI is InChI=1S/C22H28N2O4/c1-15(16-9-11-18(25)12-10-16)24-20(26)19-8-6-5-7-17(19)13-14-23-21(27)28-22(2,3)4/h5-12,15,25H,13-14H2,1-4H3,(H,23,27)(H,24,26)/t15-/m0/s1. The molecule has 2 aromatic carbocycles. The monoisotopic (exact) mass is 384 g/mol. The fourth-order valence-corrected chi connectivity index (χ4v) is 2.69. The number of alkyl carbamates (subject to hydrolysis) is 1. The molecular weight excluding hydrogens is 356 g/mol. The summed E-state index contributed by atoms with van der Waals surface area (Å²) >= 11 is 0. The van der Waals surface area contributed by atoms with Crippen molar-refractivity contribution < 1.29 is 19.4 Å². The molecule has 2 aromatic rings. The molecular formula is C22H28N2O4. The van der Waals surface area contributed by atoms with Gasteiger partial charge in [0, 0.05) is 12.1 Å². The number of ether oxygens (including phenoxy) is 1. The summed E-state index contributed by atoms with van der Waals surface area (Å²) in [7, 11) is 0. The normalized spacial score (nSPS) is 12.1. The maximum Gasteiger partial charge on any atom is 0.407 e. The molecule has 0 radical (unpaired) electrons. The number of hydrogen-bond acceptors (Lipinski definition) is 4. The minimum atomic E-state index is -0.549. The first-order chi connectivity index (χ1) is 13.2. The Balaban J connectivity index is 1.97. The zero-order chi connectivity index (χ0) is 20.7. The molecule has 3 N–H and O–H groups in total. The van der Waals surface area contributed by atoms with Gasteiger partial charge in [0.05, 0.1) is 6.04 Å². The lowest BCUT2D eigenvalue weighted by molar-refractivity contribution is 0.0528. The van der Waals surface area contributed by atoms with Crippen LogP contribution in [0.25, 0.3) is 0 Å². The van der Waals surface area contributed by atoms with Crippen LogP contribution in [0.1, 0.15) is 55.2 Å². The Morgan fingerprint density at radius 2 is 1.71 bits per heavy atom. The molecule has 0 aromatic heterocycles. The van der Waals surface area contributed by atoms with Crippen LogP contribution in [0.2, 0.25) is 0 Å². The Morgan fingerprint density at radius 1 is 1.07 bits per heavy atom. The molecule has 0 aliphatic heterocycles. The molecule has 0 aliphatic carbocycles. The number of hydrogen-bond donors (Lipinski definition) is 3. The topological polar surface area (TPSA) is 87.7 Å². The van der Waals surface area contributed by atoms with E-state index in [-0.39, 0.29) is 17.7 Å². The van der Waals surface area contributed by atoms with Gasteiger partial charge in [-0.3, -0.25) is 4.79 Å². The van der Waals surface area contributed by atoms with Gasteiger partial charge in [0.15, 0.2) is 0 Å². The van der Waals surface area contributed by atoms with Crippen molar-refractivity contribution in [1.29, 1.82) is 0 Å². The van der Waals surface area contributed by atoms with Crippen molar-refractivity contribution >= 4 is 12.0 Å². The van der Waals surface area contributed by atoms with Gasteiger partial charge < -0.3 is 20.5 Å². The van der Waals surface area contributed by atoms with E-state index in [1.165, 1.54) is 0 Å². The van der Waals surface area contributed by atoms with E-state index in [1.807, 2.05) is 45.9 Å². The SMILES string of the molecule is C[C@H](NC(=O)c1ccccc1CCNC(=O)OC(C)(C)C)c1ccc(O)cc1. The van der Waals surface area contributed by atoms with Crippen LogP contribution in [0, 0.1) is 0 Å². The molecule has 0 bridgehead atoms. The lowest BCUT2D eigenvalue weighted by Crippen LogP contribution is -2.34. The van der Waals surface area contributed by atoms with Crippen LogP contribution in [0.5, 0.6) is 5.75 Å². The fourth-order valence-electron chi connectivity index (χ4n) is 2.69. The number of aromatic hydroxyl groups is 1. The van der Waals surface area contributed by atoms with Gasteiger partial charge >= 0.3 is 6.09 Å². The minimum Gasteiger partial charge on any atom is -0.508 e. The van der Waals surface area contributed by atoms with E-state index in [4.69, 9.17) is 4.74 Å². The third-order valence-corrected chi connectivity index (χ3v) is 4.07. The highest BCUT2D eigenvalue weighted by Gasteiger charge is 2.17. The molecule has 2 rings (SSSR count). The van der Waals surface area contributed by atoms with Crippen LogP contribution in [-0.4, -0.2) is 29.3 Å². The minimum absolute atomic E-state index is 0.185. The van der Waals surface area contributed by atoms with Gasteiger partial charge in [-0.05, 0) is 63.4 Å². The Morgan fingerprint density at radius 3 is 2.36 bits per heavy atom. The quantitative estimate of drug-likeness (QED) is 0.704. The highest BCUT2D eigenvalue weighted by Crippen LogP contribution is 2.18. The van der Waals surface area contributed by atoms with Crippen molar-refractivity contribution in [2.24, 2.45) is 0 Å². The zero-order valence-electron chi connectivity index (χ0n) is 16.8. The number of benzene rings is 2. The highest BCUT2D eigenvalue weighted by molar-refractivity contribution is 5.96. The molecule has 28 heavy (non-hydrogen) atoms. The van der Waals surface area contributed by atoms with E-state index in [2.05, 4.69) is 10.6 Å². The second-order valence-corrected chi connectivity index (χ2v) is 7.62. The molecule has 0 aliphatic rings. The fraction of sp³-hybridized carbons (Fsp3) is 0.364. The molecule has 0 unspecified atom stereocenters. The zero-order valence-corrected chi connectivity index (χ0v) is 16.8. The average Bonchev–Trinajstić information content (AvgIpc) is 2.61. The van der Waals surface area contributed by atoms with Crippen LogP contribution in [0.3, 0.4) is 0 Å². The Bertz CT molecular complexity index is 810. The van der Waals surface area contributed by atoms with Gasteiger partial charge in [0.1, 0.15) is 11.4 Å². The number of phenols is 1. The number of amides is 2. The summed E-state index contributed by atoms with van der Waals surface area (Å²) in [4.78, 5) is 24.5. The van der Waals surface area contributed by atoms with Crippen molar-refractivity contribution in [3.63, 3.8) is 0 Å². The van der Waals surface area contributed by atoms with E-state index in [0.717, 1.165) is 11.1 Å². The number of rotatable bonds is 6. The molecule has 0 heterocycles. The second-order valence-electron chi connectivity index (χ2n) is 7.62. The van der Waals surface area contributed by atoms with E-state index < -0.39 is 11.7 Å². The Kier molecular flexibility index (Phi) is 7.04. The van der Waals surface area contributed by atoms with Gasteiger partial charge in [0.2, 0.25) is 0 Å². The van der Waals surface area contributed by atoms with Crippen molar-refractivity contribution in [3.8, 4) is 5.75 Å². The van der Waals surface area contributed by atoms with Gasteiger partial charge in [-0.1, -0.05) is 30.3 Å². The Hall–Kier alpha value is -3.02. The lowest BCUT2D eigenvalue weighted by Gasteiger charge is -2.20. The summed E-state index contributed by atoms with van der Waals surface area (Å²) in [5, 5.41) is 15.1. The summed E-state index contributed by atoms with van der Waals surface area (Å²) in [6, 6.07) is 13.8. The summed E-state index contributed by atoms with van der Waals surface area (Å²) in [6.07, 6.45) is 0.0338.